The lowest BCUT2D eigenvalue weighted by Crippen LogP contribution is -2.25. The molecule has 3 rings (SSSR count). The van der Waals surface area contributed by atoms with E-state index in [2.05, 4.69) is 5.32 Å². The van der Waals surface area contributed by atoms with E-state index >= 15 is 0 Å². The van der Waals surface area contributed by atoms with Crippen molar-refractivity contribution in [1.29, 1.82) is 0 Å². The summed E-state index contributed by atoms with van der Waals surface area (Å²) in [5.74, 6) is 0.718. The SMILES string of the molecule is Nc1ccc(CCNC(=O)c2cccc(OC3CCCC3)c2)cc1. The Bertz CT molecular complexity index is 676. The molecule has 2 aromatic rings. The molecule has 0 aromatic heterocycles. The van der Waals surface area contributed by atoms with E-state index < -0.39 is 0 Å². The van der Waals surface area contributed by atoms with Gasteiger partial charge in [-0.05, 0) is 68.0 Å². The maximum absolute atomic E-state index is 12.3. The van der Waals surface area contributed by atoms with Crippen LogP contribution >= 0.6 is 0 Å². The van der Waals surface area contributed by atoms with Crippen molar-refractivity contribution in [1.82, 2.24) is 5.32 Å². The molecular weight excluding hydrogens is 300 g/mol. The molecule has 0 radical (unpaired) electrons. The van der Waals surface area contributed by atoms with E-state index in [4.69, 9.17) is 10.5 Å². The Morgan fingerprint density at radius 2 is 1.88 bits per heavy atom. The molecule has 1 fully saturated rings. The highest BCUT2D eigenvalue weighted by molar-refractivity contribution is 5.94. The van der Waals surface area contributed by atoms with Crippen LogP contribution in [0.3, 0.4) is 0 Å². The molecule has 1 amide bonds. The largest absolute Gasteiger partial charge is 0.490 e. The standard InChI is InChI=1S/C20H24N2O2/c21-17-10-8-15(9-11-17)12-13-22-20(23)16-4-3-7-19(14-16)24-18-5-1-2-6-18/h3-4,7-11,14,18H,1-2,5-6,12-13,21H2,(H,22,23). The fourth-order valence-corrected chi connectivity index (χ4v) is 3.02. The van der Waals surface area contributed by atoms with Crippen molar-refractivity contribution in [3.05, 3.63) is 59.7 Å². The van der Waals surface area contributed by atoms with Crippen LogP contribution in [0.25, 0.3) is 0 Å². The van der Waals surface area contributed by atoms with Crippen molar-refractivity contribution in [3.8, 4) is 5.75 Å². The summed E-state index contributed by atoms with van der Waals surface area (Å²) in [5.41, 5.74) is 8.22. The highest BCUT2D eigenvalue weighted by Gasteiger charge is 2.17. The fourth-order valence-electron chi connectivity index (χ4n) is 3.02. The Labute approximate surface area is 143 Å². The molecule has 1 saturated carbocycles. The maximum Gasteiger partial charge on any atom is 0.251 e. The number of ether oxygens (including phenoxy) is 1. The summed E-state index contributed by atoms with van der Waals surface area (Å²) in [6.07, 6.45) is 5.76. The number of nitrogens with two attached hydrogens (primary N) is 1. The zero-order valence-electron chi connectivity index (χ0n) is 13.8. The summed E-state index contributed by atoms with van der Waals surface area (Å²) < 4.78 is 5.96. The molecule has 4 nitrogen and oxygen atoms in total. The van der Waals surface area contributed by atoms with Gasteiger partial charge in [0.1, 0.15) is 5.75 Å². The lowest BCUT2D eigenvalue weighted by Gasteiger charge is -2.13. The Morgan fingerprint density at radius 3 is 2.62 bits per heavy atom. The summed E-state index contributed by atoms with van der Waals surface area (Å²) in [5, 5.41) is 2.96. The number of carbonyl (C=O) groups excluding carboxylic acids is 1. The van der Waals surface area contributed by atoms with Crippen molar-refractivity contribution in [2.45, 2.75) is 38.2 Å². The number of nitrogen functional groups attached to an aromatic ring is 1. The first-order valence-electron chi connectivity index (χ1n) is 8.60. The van der Waals surface area contributed by atoms with Gasteiger partial charge in [0.05, 0.1) is 6.10 Å². The van der Waals surface area contributed by atoms with Crippen LogP contribution in [0.1, 0.15) is 41.6 Å². The minimum Gasteiger partial charge on any atom is -0.490 e. The van der Waals surface area contributed by atoms with E-state index in [9.17, 15) is 4.79 Å². The van der Waals surface area contributed by atoms with Crippen molar-refractivity contribution in [3.63, 3.8) is 0 Å². The molecule has 3 N–H and O–H groups in total. The summed E-state index contributed by atoms with van der Waals surface area (Å²) >= 11 is 0. The van der Waals surface area contributed by atoms with Gasteiger partial charge >= 0.3 is 0 Å². The third-order valence-electron chi connectivity index (χ3n) is 4.38. The van der Waals surface area contributed by atoms with Gasteiger partial charge in [0, 0.05) is 17.8 Å². The van der Waals surface area contributed by atoms with Crippen molar-refractivity contribution in [2.75, 3.05) is 12.3 Å². The Kier molecular flexibility index (Phi) is 5.36. The van der Waals surface area contributed by atoms with Gasteiger partial charge in [-0.1, -0.05) is 18.2 Å². The number of hydrogen-bond acceptors (Lipinski definition) is 3. The van der Waals surface area contributed by atoms with Gasteiger partial charge in [0.2, 0.25) is 0 Å². The van der Waals surface area contributed by atoms with Gasteiger partial charge in [-0.3, -0.25) is 4.79 Å². The van der Waals surface area contributed by atoms with Crippen LogP contribution in [0, 0.1) is 0 Å². The quantitative estimate of drug-likeness (QED) is 0.799. The molecule has 0 saturated heterocycles. The van der Waals surface area contributed by atoms with Crippen molar-refractivity contribution in [2.24, 2.45) is 0 Å². The lowest BCUT2D eigenvalue weighted by atomic mass is 10.1. The molecule has 24 heavy (non-hydrogen) atoms. The van der Waals surface area contributed by atoms with Crippen LogP contribution in [-0.4, -0.2) is 18.6 Å². The van der Waals surface area contributed by atoms with E-state index in [1.165, 1.54) is 12.8 Å². The first kappa shape index (κ1) is 16.4. The predicted octanol–water partition coefficient (Wildman–Crippen LogP) is 3.56. The van der Waals surface area contributed by atoms with Crippen LogP contribution in [-0.2, 0) is 6.42 Å². The van der Waals surface area contributed by atoms with Crippen LogP contribution < -0.4 is 15.8 Å². The van der Waals surface area contributed by atoms with Crippen molar-refractivity contribution < 1.29 is 9.53 Å². The normalized spacial score (nSPS) is 14.5. The van der Waals surface area contributed by atoms with E-state index in [0.717, 1.165) is 36.3 Å². The molecule has 0 unspecified atom stereocenters. The topological polar surface area (TPSA) is 64.3 Å². The van der Waals surface area contributed by atoms with Gasteiger partial charge in [-0.15, -0.1) is 0 Å². The third-order valence-corrected chi connectivity index (χ3v) is 4.38. The zero-order chi connectivity index (χ0) is 16.8. The number of anilines is 1. The predicted molar refractivity (Wildman–Crippen MR) is 96.2 cm³/mol. The second kappa shape index (κ2) is 7.86. The minimum absolute atomic E-state index is 0.0673. The lowest BCUT2D eigenvalue weighted by molar-refractivity contribution is 0.0953. The highest BCUT2D eigenvalue weighted by Crippen LogP contribution is 2.24. The maximum atomic E-state index is 12.3. The van der Waals surface area contributed by atoms with Gasteiger partial charge in [0.25, 0.3) is 5.91 Å². The summed E-state index contributed by atoms with van der Waals surface area (Å²) in [4.78, 5) is 12.3. The second-order valence-electron chi connectivity index (χ2n) is 6.30. The van der Waals surface area contributed by atoms with Crippen LogP contribution in [0.15, 0.2) is 48.5 Å². The van der Waals surface area contributed by atoms with Gasteiger partial charge < -0.3 is 15.8 Å². The van der Waals surface area contributed by atoms with E-state index in [1.54, 1.807) is 0 Å². The minimum atomic E-state index is -0.0673. The first-order chi connectivity index (χ1) is 11.7. The van der Waals surface area contributed by atoms with Gasteiger partial charge in [-0.25, -0.2) is 0 Å². The molecule has 0 heterocycles. The Balaban J connectivity index is 1.51. The number of nitrogens with one attached hydrogen (secondary N) is 1. The smallest absolute Gasteiger partial charge is 0.251 e. The van der Waals surface area contributed by atoms with Crippen LogP contribution in [0.4, 0.5) is 5.69 Å². The number of carbonyl (C=O) groups is 1. The summed E-state index contributed by atoms with van der Waals surface area (Å²) in [6.45, 7) is 0.594. The van der Waals surface area contributed by atoms with E-state index in [1.807, 2.05) is 48.5 Å². The Hall–Kier alpha value is -2.49. The first-order valence-corrected chi connectivity index (χ1v) is 8.60. The molecule has 1 aliphatic rings. The molecule has 1 aliphatic carbocycles. The molecular formula is C20H24N2O2. The van der Waals surface area contributed by atoms with Gasteiger partial charge in [-0.2, -0.15) is 0 Å². The molecule has 0 bridgehead atoms. The second-order valence-corrected chi connectivity index (χ2v) is 6.30. The number of hydrogen-bond donors (Lipinski definition) is 2. The number of benzene rings is 2. The molecule has 4 heteroatoms. The van der Waals surface area contributed by atoms with Crippen LogP contribution in [0.2, 0.25) is 0 Å². The molecule has 0 spiro atoms. The molecule has 0 atom stereocenters. The van der Waals surface area contributed by atoms with Crippen LogP contribution in [0.5, 0.6) is 5.75 Å². The fraction of sp³-hybridized carbons (Fsp3) is 0.350. The summed E-state index contributed by atoms with van der Waals surface area (Å²) in [6, 6.07) is 15.2. The number of rotatable bonds is 6. The Morgan fingerprint density at radius 1 is 1.12 bits per heavy atom. The molecule has 0 aliphatic heterocycles. The average molecular weight is 324 g/mol. The molecule has 126 valence electrons. The third kappa shape index (κ3) is 4.51. The highest BCUT2D eigenvalue weighted by atomic mass is 16.5. The van der Waals surface area contributed by atoms with Crippen molar-refractivity contribution >= 4 is 11.6 Å². The van der Waals surface area contributed by atoms with Gasteiger partial charge in [0.15, 0.2) is 0 Å². The molecule has 2 aromatic carbocycles. The zero-order valence-corrected chi connectivity index (χ0v) is 13.8. The van der Waals surface area contributed by atoms with E-state index in [0.29, 0.717) is 18.2 Å². The summed E-state index contributed by atoms with van der Waals surface area (Å²) in [7, 11) is 0. The number of amides is 1. The monoisotopic (exact) mass is 324 g/mol. The van der Waals surface area contributed by atoms with E-state index in [-0.39, 0.29) is 5.91 Å². The average Bonchev–Trinajstić information content (AvgIpc) is 3.10.